The molecule has 3 saturated carbocycles. The van der Waals surface area contributed by atoms with Crippen LogP contribution in [0.4, 0.5) is 0 Å². The van der Waals surface area contributed by atoms with E-state index >= 15 is 0 Å². The molecule has 0 radical (unpaired) electrons. The number of hydrogen-bond acceptors (Lipinski definition) is 6. The number of aliphatic hydroxyl groups excluding tert-OH is 1. The van der Waals surface area contributed by atoms with Gasteiger partial charge in [-0.15, -0.1) is 0 Å². The maximum Gasteiger partial charge on any atom is 0.306 e. The van der Waals surface area contributed by atoms with Crippen molar-refractivity contribution in [2.75, 3.05) is 6.54 Å². The van der Waals surface area contributed by atoms with Crippen LogP contribution in [-0.4, -0.2) is 40.4 Å². The number of carbonyl (C=O) groups is 3. The van der Waals surface area contributed by atoms with Gasteiger partial charge in [0.25, 0.3) is 0 Å². The van der Waals surface area contributed by atoms with Crippen LogP contribution in [0.1, 0.15) is 95.4 Å². The summed E-state index contributed by atoms with van der Waals surface area (Å²) in [7, 11) is 0. The van der Waals surface area contributed by atoms with E-state index < -0.39 is 6.10 Å². The van der Waals surface area contributed by atoms with Gasteiger partial charge in [0.1, 0.15) is 6.10 Å². The summed E-state index contributed by atoms with van der Waals surface area (Å²) in [5, 5.41) is 13.0. The number of hydrogen-bond donors (Lipinski definition) is 2. The van der Waals surface area contributed by atoms with Crippen molar-refractivity contribution in [3.63, 3.8) is 0 Å². The van der Waals surface area contributed by atoms with E-state index in [-0.39, 0.29) is 54.0 Å². The lowest BCUT2D eigenvalue weighted by Crippen LogP contribution is -2.51. The molecule has 7 heteroatoms. The molecule has 0 saturated heterocycles. The van der Waals surface area contributed by atoms with Crippen LogP contribution in [0.5, 0.6) is 0 Å². The second kappa shape index (κ2) is 10.6. The summed E-state index contributed by atoms with van der Waals surface area (Å²) < 4.78 is 6.03. The molecule has 3 fully saturated rings. The zero-order chi connectivity index (χ0) is 27.1. The van der Waals surface area contributed by atoms with Gasteiger partial charge in [0.15, 0.2) is 5.78 Å². The molecule has 38 heavy (non-hydrogen) atoms. The molecule has 0 spiro atoms. The van der Waals surface area contributed by atoms with Crippen molar-refractivity contribution < 1.29 is 24.2 Å². The normalized spacial score (nSPS) is 34.8. The number of fused-ring (bicyclic) bond motifs is 5. The molecule has 7 atom stereocenters. The number of ketones is 1. The van der Waals surface area contributed by atoms with Gasteiger partial charge in [0.2, 0.25) is 5.91 Å². The highest BCUT2D eigenvalue weighted by atomic mass is 16.5. The smallest absolute Gasteiger partial charge is 0.306 e. The van der Waals surface area contributed by atoms with Gasteiger partial charge in [0.05, 0.1) is 12.5 Å². The first-order chi connectivity index (χ1) is 18.1. The summed E-state index contributed by atoms with van der Waals surface area (Å²) in [6.45, 7) is 6.65. The van der Waals surface area contributed by atoms with Crippen molar-refractivity contribution in [1.29, 1.82) is 0 Å². The van der Waals surface area contributed by atoms with E-state index in [1.165, 1.54) is 5.57 Å². The lowest BCUT2D eigenvalue weighted by molar-refractivity contribution is -0.160. The number of aryl methyl sites for hydroxylation is 1. The molecule has 1 aromatic heterocycles. The van der Waals surface area contributed by atoms with Crippen molar-refractivity contribution in [2.45, 2.75) is 97.2 Å². The van der Waals surface area contributed by atoms with Crippen LogP contribution in [0, 0.1) is 35.5 Å². The average Bonchev–Trinajstić information content (AvgIpc) is 3.22. The number of aromatic nitrogens is 1. The molecule has 0 aliphatic heterocycles. The van der Waals surface area contributed by atoms with Gasteiger partial charge in [-0.3, -0.25) is 19.4 Å². The lowest BCUT2D eigenvalue weighted by atomic mass is 9.47. The molecule has 4 aliphatic carbocycles. The van der Waals surface area contributed by atoms with E-state index in [2.05, 4.69) is 24.1 Å². The largest absolute Gasteiger partial charge is 0.462 e. The summed E-state index contributed by atoms with van der Waals surface area (Å²) >= 11 is 0. The Labute approximate surface area is 225 Å². The molecule has 1 aromatic rings. The zero-order valence-corrected chi connectivity index (χ0v) is 23.0. The minimum atomic E-state index is -0.841. The average molecular weight is 523 g/mol. The van der Waals surface area contributed by atoms with Gasteiger partial charge in [-0.25, -0.2) is 0 Å². The Morgan fingerprint density at radius 3 is 2.68 bits per heavy atom. The monoisotopic (exact) mass is 522 g/mol. The van der Waals surface area contributed by atoms with Crippen LogP contribution in [0.25, 0.3) is 0 Å². The van der Waals surface area contributed by atoms with Crippen molar-refractivity contribution in [2.24, 2.45) is 28.6 Å². The first kappa shape index (κ1) is 27.0. The molecular formula is C31H42N2O5. The standard InChI is InChI=1S/C31H42N2O5/c1-19-4-5-20(17-32-19)26(35)18-33-28(36)10-11-29(37)38-27-9-8-24-23-7-6-21-16-22(34)12-14-30(21,2)25(23)13-15-31(24,27)3/h4-5,16-17,23-27,35H,6-15,18H2,1-3H3,(H,33,36)/t23-,24+,25+,26+,27+,30-,31-/m0/s1. The molecule has 0 unspecified atom stereocenters. The molecule has 1 heterocycles. The lowest BCUT2D eigenvalue weighted by Gasteiger charge is -2.57. The zero-order valence-electron chi connectivity index (χ0n) is 23.0. The van der Waals surface area contributed by atoms with Crippen molar-refractivity contribution in [3.8, 4) is 0 Å². The Morgan fingerprint density at radius 2 is 1.92 bits per heavy atom. The molecule has 1 amide bonds. The summed E-state index contributed by atoms with van der Waals surface area (Å²) in [5.74, 6) is 1.46. The third-order valence-corrected chi connectivity index (χ3v) is 10.5. The molecule has 7 nitrogen and oxygen atoms in total. The Balaban J connectivity index is 1.12. The minimum absolute atomic E-state index is 0.0205. The maximum absolute atomic E-state index is 12.8. The highest BCUT2D eigenvalue weighted by Crippen LogP contribution is 2.65. The molecule has 0 aromatic carbocycles. The van der Waals surface area contributed by atoms with Gasteiger partial charge in [-0.1, -0.05) is 25.5 Å². The number of allylic oxidation sites excluding steroid dienone is 1. The fraction of sp³-hybridized carbons (Fsp3) is 0.677. The van der Waals surface area contributed by atoms with Gasteiger partial charge in [0, 0.05) is 42.3 Å². The number of esters is 1. The van der Waals surface area contributed by atoms with Gasteiger partial charge in [-0.05, 0) is 87.2 Å². The van der Waals surface area contributed by atoms with E-state index in [1.54, 1.807) is 12.3 Å². The fourth-order valence-corrected chi connectivity index (χ4v) is 8.23. The number of amides is 1. The first-order valence-electron chi connectivity index (χ1n) is 14.4. The van der Waals surface area contributed by atoms with E-state index in [0.29, 0.717) is 29.7 Å². The first-order valence-corrected chi connectivity index (χ1v) is 14.4. The molecular weight excluding hydrogens is 480 g/mol. The summed E-state index contributed by atoms with van der Waals surface area (Å²) in [4.78, 5) is 41.3. The maximum atomic E-state index is 12.8. The van der Waals surface area contributed by atoms with Gasteiger partial charge >= 0.3 is 5.97 Å². The van der Waals surface area contributed by atoms with E-state index in [1.807, 2.05) is 19.1 Å². The number of carbonyl (C=O) groups excluding carboxylic acids is 3. The Bertz CT molecular complexity index is 1110. The molecule has 2 N–H and O–H groups in total. The van der Waals surface area contributed by atoms with E-state index in [4.69, 9.17) is 4.74 Å². The quantitative estimate of drug-likeness (QED) is 0.500. The molecule has 4 aliphatic rings. The Hall–Kier alpha value is -2.54. The van der Waals surface area contributed by atoms with Crippen LogP contribution >= 0.6 is 0 Å². The van der Waals surface area contributed by atoms with Crippen LogP contribution in [-0.2, 0) is 19.1 Å². The number of nitrogens with zero attached hydrogens (tertiary/aromatic N) is 1. The highest BCUT2D eigenvalue weighted by molar-refractivity contribution is 5.91. The number of rotatable bonds is 7. The third-order valence-electron chi connectivity index (χ3n) is 10.5. The minimum Gasteiger partial charge on any atom is -0.462 e. The SMILES string of the molecule is Cc1ccc([C@H](O)CNC(=O)CCC(=O)O[C@@H]2CC[C@@H]3[C@@H]4CCC5=CC(=O)CC[C@]5(C)[C@@H]4CC[C@@]32C)cn1. The van der Waals surface area contributed by atoms with Crippen molar-refractivity contribution in [1.82, 2.24) is 10.3 Å². The van der Waals surface area contributed by atoms with E-state index in [0.717, 1.165) is 50.6 Å². The molecule has 5 rings (SSSR count). The van der Waals surface area contributed by atoms with Crippen LogP contribution in [0.15, 0.2) is 30.0 Å². The second-order valence-corrected chi connectivity index (χ2v) is 12.6. The van der Waals surface area contributed by atoms with Crippen molar-refractivity contribution in [3.05, 3.63) is 41.2 Å². The summed E-state index contributed by atoms with van der Waals surface area (Å²) in [6, 6.07) is 3.61. The predicted molar refractivity (Wildman–Crippen MR) is 143 cm³/mol. The number of nitrogens with one attached hydrogen (secondary N) is 1. The van der Waals surface area contributed by atoms with E-state index in [9.17, 15) is 19.5 Å². The van der Waals surface area contributed by atoms with Crippen LogP contribution in [0.2, 0.25) is 0 Å². The second-order valence-electron chi connectivity index (χ2n) is 12.6. The fourth-order valence-electron chi connectivity index (χ4n) is 8.23. The van der Waals surface area contributed by atoms with Crippen molar-refractivity contribution >= 4 is 17.7 Å². The summed E-state index contributed by atoms with van der Waals surface area (Å²) in [6.07, 6.45) is 10.6. The predicted octanol–water partition coefficient (Wildman–Crippen LogP) is 4.76. The Morgan fingerprint density at radius 1 is 1.11 bits per heavy atom. The van der Waals surface area contributed by atoms with Crippen LogP contribution in [0.3, 0.4) is 0 Å². The third kappa shape index (κ3) is 5.06. The number of aliphatic hydroxyl groups is 1. The van der Waals surface area contributed by atoms with Gasteiger partial charge in [-0.2, -0.15) is 0 Å². The summed E-state index contributed by atoms with van der Waals surface area (Å²) in [5.41, 5.74) is 3.00. The highest BCUT2D eigenvalue weighted by Gasteiger charge is 2.59. The number of pyridine rings is 1. The van der Waals surface area contributed by atoms with Gasteiger partial charge < -0.3 is 15.2 Å². The molecule has 0 bridgehead atoms. The van der Waals surface area contributed by atoms with Crippen LogP contribution < -0.4 is 5.32 Å². The Kier molecular flexibility index (Phi) is 7.51. The number of ether oxygens (including phenoxy) is 1. The molecule has 206 valence electrons. The topological polar surface area (TPSA) is 106 Å².